The van der Waals surface area contributed by atoms with E-state index >= 15 is 0 Å². The third-order valence-electron chi connectivity index (χ3n) is 3.42. The monoisotopic (exact) mass is 237 g/mol. The molecule has 96 valence electrons. The topological polar surface area (TPSA) is 54.8 Å². The van der Waals surface area contributed by atoms with Crippen molar-refractivity contribution in [3.05, 3.63) is 5.82 Å². The van der Waals surface area contributed by atoms with Crippen molar-refractivity contribution in [1.29, 1.82) is 0 Å². The van der Waals surface area contributed by atoms with E-state index in [1.165, 1.54) is 25.9 Å². The first-order valence-corrected chi connectivity index (χ1v) is 6.71. The summed E-state index contributed by atoms with van der Waals surface area (Å²) < 4.78 is 2.19. The maximum atomic E-state index is 4.30. The second-order valence-electron chi connectivity index (χ2n) is 4.61. The van der Waals surface area contributed by atoms with Crippen molar-refractivity contribution < 1.29 is 0 Å². The van der Waals surface area contributed by atoms with E-state index in [4.69, 9.17) is 0 Å². The van der Waals surface area contributed by atoms with Crippen LogP contribution in [0.4, 0.5) is 5.95 Å². The molecule has 1 atom stereocenters. The van der Waals surface area contributed by atoms with E-state index in [0.29, 0.717) is 0 Å². The SMILES string of the molecule is CCNc1nnc(CCC2CCNC2)n1CC. The number of aromatic nitrogens is 3. The van der Waals surface area contributed by atoms with Crippen LogP contribution >= 0.6 is 0 Å². The molecule has 1 aromatic heterocycles. The fraction of sp³-hybridized carbons (Fsp3) is 0.833. The van der Waals surface area contributed by atoms with Crippen molar-refractivity contribution >= 4 is 5.95 Å². The molecular formula is C12H23N5. The molecule has 2 rings (SSSR count). The number of nitrogens with zero attached hydrogens (tertiary/aromatic N) is 3. The Morgan fingerprint density at radius 3 is 2.94 bits per heavy atom. The molecule has 0 aromatic carbocycles. The number of rotatable bonds is 6. The summed E-state index contributed by atoms with van der Waals surface area (Å²) >= 11 is 0. The first-order valence-electron chi connectivity index (χ1n) is 6.71. The average Bonchev–Trinajstić information content (AvgIpc) is 2.95. The predicted molar refractivity (Wildman–Crippen MR) is 69.2 cm³/mol. The minimum absolute atomic E-state index is 0.819. The van der Waals surface area contributed by atoms with Crippen LogP contribution in [0.25, 0.3) is 0 Å². The highest BCUT2D eigenvalue weighted by molar-refractivity contribution is 5.25. The molecular weight excluding hydrogens is 214 g/mol. The van der Waals surface area contributed by atoms with E-state index in [1.54, 1.807) is 0 Å². The van der Waals surface area contributed by atoms with E-state index in [0.717, 1.165) is 37.2 Å². The zero-order valence-electron chi connectivity index (χ0n) is 10.9. The molecule has 0 radical (unpaired) electrons. The Morgan fingerprint density at radius 2 is 2.29 bits per heavy atom. The Bertz CT molecular complexity index is 341. The molecule has 0 amide bonds. The van der Waals surface area contributed by atoms with Crippen molar-refractivity contribution in [2.24, 2.45) is 5.92 Å². The van der Waals surface area contributed by atoms with Gasteiger partial charge in [0.15, 0.2) is 0 Å². The molecule has 0 spiro atoms. The number of nitrogens with one attached hydrogen (secondary N) is 2. The molecule has 2 heterocycles. The van der Waals surface area contributed by atoms with E-state index in [1.807, 2.05) is 0 Å². The van der Waals surface area contributed by atoms with Crippen LogP contribution in [0.1, 0.15) is 32.5 Å². The number of hydrogen-bond donors (Lipinski definition) is 2. The maximum Gasteiger partial charge on any atom is 0.224 e. The molecule has 1 unspecified atom stereocenters. The first kappa shape index (κ1) is 12.4. The Balaban J connectivity index is 1.94. The summed E-state index contributed by atoms with van der Waals surface area (Å²) in [6.07, 6.45) is 3.57. The van der Waals surface area contributed by atoms with Crippen molar-refractivity contribution in [1.82, 2.24) is 20.1 Å². The molecule has 0 bridgehead atoms. The highest BCUT2D eigenvalue weighted by atomic mass is 15.3. The Labute approximate surface area is 103 Å². The first-order chi connectivity index (χ1) is 8.35. The standard InChI is InChI=1S/C12H23N5/c1-3-14-12-16-15-11(17(12)4-2)6-5-10-7-8-13-9-10/h10,13H,3-9H2,1-2H3,(H,14,16). The van der Waals surface area contributed by atoms with Crippen LogP contribution in [0.5, 0.6) is 0 Å². The van der Waals surface area contributed by atoms with Gasteiger partial charge >= 0.3 is 0 Å². The van der Waals surface area contributed by atoms with Gasteiger partial charge in [-0.15, -0.1) is 10.2 Å². The molecule has 1 aromatic rings. The minimum atomic E-state index is 0.819. The largest absolute Gasteiger partial charge is 0.355 e. The van der Waals surface area contributed by atoms with Gasteiger partial charge in [-0.1, -0.05) is 0 Å². The summed E-state index contributed by atoms with van der Waals surface area (Å²) in [7, 11) is 0. The van der Waals surface area contributed by atoms with E-state index in [-0.39, 0.29) is 0 Å². The van der Waals surface area contributed by atoms with Crippen molar-refractivity contribution in [3.8, 4) is 0 Å². The smallest absolute Gasteiger partial charge is 0.224 e. The van der Waals surface area contributed by atoms with Gasteiger partial charge in [-0.25, -0.2) is 0 Å². The number of aryl methyl sites for hydroxylation is 1. The summed E-state index contributed by atoms with van der Waals surface area (Å²) in [5.41, 5.74) is 0. The fourth-order valence-electron chi connectivity index (χ4n) is 2.44. The van der Waals surface area contributed by atoms with Crippen LogP contribution in [0.2, 0.25) is 0 Å². The fourth-order valence-corrected chi connectivity index (χ4v) is 2.44. The van der Waals surface area contributed by atoms with E-state index in [9.17, 15) is 0 Å². The van der Waals surface area contributed by atoms with Crippen molar-refractivity contribution in [3.63, 3.8) is 0 Å². The van der Waals surface area contributed by atoms with Gasteiger partial charge < -0.3 is 10.6 Å². The molecule has 1 aliphatic rings. The van der Waals surface area contributed by atoms with Gasteiger partial charge in [-0.05, 0) is 45.7 Å². The lowest BCUT2D eigenvalue weighted by molar-refractivity contribution is 0.515. The van der Waals surface area contributed by atoms with E-state index < -0.39 is 0 Å². The van der Waals surface area contributed by atoms with Crippen LogP contribution in [0.3, 0.4) is 0 Å². The molecule has 5 nitrogen and oxygen atoms in total. The molecule has 1 fully saturated rings. The number of hydrogen-bond acceptors (Lipinski definition) is 4. The zero-order valence-corrected chi connectivity index (χ0v) is 10.9. The van der Waals surface area contributed by atoms with Gasteiger partial charge in [0.05, 0.1) is 0 Å². The summed E-state index contributed by atoms with van der Waals surface area (Å²) in [4.78, 5) is 0. The summed E-state index contributed by atoms with van der Waals surface area (Å²) in [6, 6.07) is 0. The van der Waals surface area contributed by atoms with Gasteiger partial charge in [0.2, 0.25) is 5.95 Å². The molecule has 5 heteroatoms. The highest BCUT2D eigenvalue weighted by Crippen LogP contribution is 2.16. The number of anilines is 1. The normalized spacial score (nSPS) is 19.8. The van der Waals surface area contributed by atoms with Crippen LogP contribution in [-0.2, 0) is 13.0 Å². The molecule has 0 aliphatic carbocycles. The van der Waals surface area contributed by atoms with Gasteiger partial charge in [-0.2, -0.15) is 0 Å². The van der Waals surface area contributed by atoms with Crippen LogP contribution < -0.4 is 10.6 Å². The Kier molecular flexibility index (Phi) is 4.36. The summed E-state index contributed by atoms with van der Waals surface area (Å²) in [6.45, 7) is 8.40. The van der Waals surface area contributed by atoms with Gasteiger partial charge in [-0.3, -0.25) is 4.57 Å². The molecule has 2 N–H and O–H groups in total. The quantitative estimate of drug-likeness (QED) is 0.782. The second kappa shape index (κ2) is 6.00. The predicted octanol–water partition coefficient (Wildman–Crippen LogP) is 1.27. The Hall–Kier alpha value is -1.10. The summed E-state index contributed by atoms with van der Waals surface area (Å²) in [5.74, 6) is 2.85. The minimum Gasteiger partial charge on any atom is -0.355 e. The van der Waals surface area contributed by atoms with Crippen molar-refractivity contribution in [2.45, 2.75) is 39.7 Å². The van der Waals surface area contributed by atoms with Gasteiger partial charge in [0.1, 0.15) is 5.82 Å². The van der Waals surface area contributed by atoms with Crippen LogP contribution in [0.15, 0.2) is 0 Å². The van der Waals surface area contributed by atoms with Gasteiger partial charge in [0, 0.05) is 19.5 Å². The molecule has 0 saturated carbocycles. The molecule has 1 aliphatic heterocycles. The lowest BCUT2D eigenvalue weighted by atomic mass is 10.0. The van der Waals surface area contributed by atoms with Crippen LogP contribution in [-0.4, -0.2) is 34.4 Å². The maximum absolute atomic E-state index is 4.30. The van der Waals surface area contributed by atoms with Crippen LogP contribution in [0, 0.1) is 5.92 Å². The third kappa shape index (κ3) is 2.97. The lowest BCUT2D eigenvalue weighted by Gasteiger charge is -2.10. The second-order valence-corrected chi connectivity index (χ2v) is 4.61. The lowest BCUT2D eigenvalue weighted by Crippen LogP contribution is -2.12. The van der Waals surface area contributed by atoms with Gasteiger partial charge in [0.25, 0.3) is 0 Å². The van der Waals surface area contributed by atoms with E-state index in [2.05, 4.69) is 39.2 Å². The summed E-state index contributed by atoms with van der Waals surface area (Å²) in [5, 5.41) is 15.2. The third-order valence-corrected chi connectivity index (χ3v) is 3.42. The highest BCUT2D eigenvalue weighted by Gasteiger charge is 2.16. The Morgan fingerprint density at radius 1 is 1.41 bits per heavy atom. The molecule has 1 saturated heterocycles. The average molecular weight is 237 g/mol. The van der Waals surface area contributed by atoms with Crippen molar-refractivity contribution in [2.75, 3.05) is 25.0 Å². The zero-order chi connectivity index (χ0) is 12.1. The molecule has 17 heavy (non-hydrogen) atoms.